The lowest BCUT2D eigenvalue weighted by Crippen LogP contribution is -2.39. The minimum absolute atomic E-state index is 0.855. The quantitative estimate of drug-likeness (QED) is 0.631. The molecule has 0 N–H and O–H groups in total. The second-order valence-electron chi connectivity index (χ2n) is 3.63. The van der Waals surface area contributed by atoms with Gasteiger partial charge in [-0.1, -0.05) is 36.3 Å². The summed E-state index contributed by atoms with van der Waals surface area (Å²) >= 11 is 0. The van der Waals surface area contributed by atoms with Crippen LogP contribution in [0.25, 0.3) is 0 Å². The highest BCUT2D eigenvalue weighted by atomic mass is 32.3. The highest BCUT2D eigenvalue weighted by Crippen LogP contribution is 2.22. The average molecular weight is 178 g/mol. The maximum absolute atomic E-state index is 12.3. The largest absolute Gasteiger partial charge is 0.282 e. The lowest BCUT2D eigenvalue weighted by molar-refractivity contribution is 0.656. The molecule has 0 amide bonds. The first-order valence-electron chi connectivity index (χ1n) is 4.56. The van der Waals surface area contributed by atoms with Crippen LogP contribution in [0.5, 0.6) is 0 Å². The molecule has 0 radical (unpaired) electrons. The predicted octanol–water partition coefficient (Wildman–Crippen LogP) is 2.28. The van der Waals surface area contributed by atoms with Gasteiger partial charge in [0.25, 0.3) is 0 Å². The van der Waals surface area contributed by atoms with E-state index >= 15 is 0 Å². The molecule has 0 bridgehead atoms. The molecule has 0 aromatic heterocycles. The van der Waals surface area contributed by atoms with E-state index < -0.39 is 9.07 Å². The fourth-order valence-electron chi connectivity index (χ4n) is 1.04. The van der Waals surface area contributed by atoms with Gasteiger partial charge in [-0.3, -0.25) is 4.21 Å². The zero-order chi connectivity index (χ0) is 8.98. The first-order chi connectivity index (χ1) is 4.96. The van der Waals surface area contributed by atoms with Crippen molar-refractivity contribution in [2.45, 2.75) is 33.6 Å². The van der Waals surface area contributed by atoms with Gasteiger partial charge in [0.1, 0.15) is 0 Å². The van der Waals surface area contributed by atoms with Crippen molar-refractivity contribution in [1.82, 2.24) is 0 Å². The molecule has 0 unspecified atom stereocenters. The Balaban J connectivity index is 4.22. The third-order valence-corrected chi connectivity index (χ3v) is 7.40. The van der Waals surface area contributed by atoms with E-state index in [4.69, 9.17) is 0 Å². The molecule has 0 aliphatic heterocycles. The third kappa shape index (κ3) is 3.37. The maximum Gasteiger partial charge on any atom is 0.00338 e. The summed E-state index contributed by atoms with van der Waals surface area (Å²) < 4.78 is 12.3. The summed E-state index contributed by atoms with van der Waals surface area (Å²) in [5.41, 5.74) is 0. The number of unbranched alkanes of at least 4 members (excludes halogenated alkanes) is 1. The molecule has 0 fully saturated rings. The van der Waals surface area contributed by atoms with Gasteiger partial charge in [0.15, 0.2) is 0 Å². The summed E-state index contributed by atoms with van der Waals surface area (Å²) in [7, 11) is -2.19. The minimum atomic E-state index is -2.19. The smallest absolute Gasteiger partial charge is 0.00338 e. The molecule has 0 heterocycles. The molecule has 0 aromatic carbocycles. The molecule has 0 rings (SSSR count). The number of hydrogen-bond donors (Lipinski definition) is 0. The van der Waals surface area contributed by atoms with Gasteiger partial charge in [-0.2, -0.15) is 0 Å². The second kappa shape index (κ2) is 3.70. The zero-order valence-corrected chi connectivity index (χ0v) is 9.17. The van der Waals surface area contributed by atoms with Crippen LogP contribution >= 0.6 is 0 Å². The molecule has 0 aromatic rings. The van der Waals surface area contributed by atoms with Crippen molar-refractivity contribution in [1.29, 1.82) is 0 Å². The topological polar surface area (TPSA) is 17.1 Å². The molecular weight excluding hydrogens is 156 g/mol. The van der Waals surface area contributed by atoms with Crippen molar-refractivity contribution in [2.24, 2.45) is 0 Å². The Labute approximate surface area is 71.0 Å². The normalized spacial score (nSPS) is 15.8. The van der Waals surface area contributed by atoms with Crippen LogP contribution in [0.3, 0.4) is 0 Å². The van der Waals surface area contributed by atoms with Crippen LogP contribution in [-0.4, -0.2) is 27.7 Å². The molecule has 0 aliphatic rings. The van der Waals surface area contributed by atoms with Gasteiger partial charge in [-0.05, 0) is 12.7 Å². The van der Waals surface area contributed by atoms with Crippen LogP contribution in [0, 0.1) is 0 Å². The molecule has 0 spiro atoms. The first-order valence-corrected chi connectivity index (χ1v) is 7.44. The summed E-state index contributed by atoms with van der Waals surface area (Å²) in [6.07, 6.45) is 4.25. The Kier molecular flexibility index (Phi) is 3.75. The van der Waals surface area contributed by atoms with Gasteiger partial charge in [-0.25, -0.2) is 0 Å². The van der Waals surface area contributed by atoms with Crippen molar-refractivity contribution in [3.63, 3.8) is 0 Å². The molecule has 0 saturated carbocycles. The SMILES string of the molecule is CCCCS(C)(=O)(CC)CC. The number of rotatable bonds is 5. The van der Waals surface area contributed by atoms with Gasteiger partial charge >= 0.3 is 0 Å². The summed E-state index contributed by atoms with van der Waals surface area (Å²) in [5.74, 6) is 2.64. The monoisotopic (exact) mass is 178 g/mol. The molecule has 0 atom stereocenters. The summed E-state index contributed by atoms with van der Waals surface area (Å²) in [6.45, 7) is 6.25. The third-order valence-electron chi connectivity index (χ3n) is 2.70. The zero-order valence-electron chi connectivity index (χ0n) is 8.35. The number of hydrogen-bond acceptors (Lipinski definition) is 1. The van der Waals surface area contributed by atoms with E-state index in [1.165, 1.54) is 0 Å². The van der Waals surface area contributed by atoms with E-state index in [1.54, 1.807) is 0 Å². The van der Waals surface area contributed by atoms with E-state index in [2.05, 4.69) is 6.92 Å². The minimum Gasteiger partial charge on any atom is -0.282 e. The van der Waals surface area contributed by atoms with Gasteiger partial charge in [0, 0.05) is 17.3 Å². The van der Waals surface area contributed by atoms with E-state index in [-0.39, 0.29) is 0 Å². The standard InChI is InChI=1S/C9H22OS/c1-5-8-9-11(4,10,6-2)7-3/h5-9H2,1-4H3. The maximum atomic E-state index is 12.3. The summed E-state index contributed by atoms with van der Waals surface area (Å²) in [6, 6.07) is 0. The molecule has 1 nitrogen and oxygen atoms in total. The van der Waals surface area contributed by atoms with Crippen LogP contribution in [0.15, 0.2) is 0 Å². The molecule has 2 heteroatoms. The fraction of sp³-hybridized carbons (Fsp3) is 1.00. The van der Waals surface area contributed by atoms with Crippen LogP contribution in [-0.2, 0) is 9.07 Å². The Morgan fingerprint density at radius 2 is 1.55 bits per heavy atom. The van der Waals surface area contributed by atoms with Crippen LogP contribution in [0.1, 0.15) is 33.6 Å². The van der Waals surface area contributed by atoms with Gasteiger partial charge in [0.2, 0.25) is 0 Å². The molecule has 11 heavy (non-hydrogen) atoms. The fourth-order valence-corrected chi connectivity index (χ4v) is 3.13. The Hall–Kier alpha value is 0.150. The highest BCUT2D eigenvalue weighted by molar-refractivity contribution is 8.19. The molecule has 70 valence electrons. The average Bonchev–Trinajstić information content (AvgIpc) is 2.02. The van der Waals surface area contributed by atoms with Crippen LogP contribution in [0.4, 0.5) is 0 Å². The Bertz CT molecular complexity index is 164. The van der Waals surface area contributed by atoms with E-state index in [0.717, 1.165) is 30.1 Å². The lowest BCUT2D eigenvalue weighted by atomic mass is 10.4. The Morgan fingerprint density at radius 3 is 1.82 bits per heavy atom. The summed E-state index contributed by atoms with van der Waals surface area (Å²) in [4.78, 5) is 0. The Morgan fingerprint density at radius 1 is 1.09 bits per heavy atom. The molecule has 0 aliphatic carbocycles. The van der Waals surface area contributed by atoms with Crippen molar-refractivity contribution >= 4 is 9.07 Å². The first kappa shape index (κ1) is 11.2. The predicted molar refractivity (Wildman–Crippen MR) is 54.9 cm³/mol. The van der Waals surface area contributed by atoms with E-state index in [9.17, 15) is 4.21 Å². The van der Waals surface area contributed by atoms with Crippen molar-refractivity contribution in [3.05, 3.63) is 0 Å². The highest BCUT2D eigenvalue weighted by Gasteiger charge is 2.25. The van der Waals surface area contributed by atoms with Crippen molar-refractivity contribution in [2.75, 3.05) is 23.5 Å². The van der Waals surface area contributed by atoms with E-state index in [0.29, 0.717) is 0 Å². The lowest BCUT2D eigenvalue weighted by Gasteiger charge is -2.36. The molecular formula is C9H22OS. The summed E-state index contributed by atoms with van der Waals surface area (Å²) in [5, 5.41) is 0. The molecule has 0 saturated heterocycles. The van der Waals surface area contributed by atoms with Crippen molar-refractivity contribution < 1.29 is 4.21 Å². The van der Waals surface area contributed by atoms with Crippen LogP contribution < -0.4 is 0 Å². The van der Waals surface area contributed by atoms with Gasteiger partial charge < -0.3 is 0 Å². The van der Waals surface area contributed by atoms with Gasteiger partial charge in [0.05, 0.1) is 0 Å². The van der Waals surface area contributed by atoms with Crippen LogP contribution in [0.2, 0.25) is 0 Å². The van der Waals surface area contributed by atoms with Gasteiger partial charge in [-0.15, -0.1) is 0 Å². The van der Waals surface area contributed by atoms with E-state index in [1.807, 2.05) is 20.1 Å². The second-order valence-corrected chi connectivity index (χ2v) is 9.19. The van der Waals surface area contributed by atoms with Crippen molar-refractivity contribution in [3.8, 4) is 0 Å².